The van der Waals surface area contributed by atoms with Crippen LogP contribution in [0.25, 0.3) is 0 Å². The molecular weight excluding hydrogens is 530 g/mol. The largest absolute Gasteiger partial charge is 0.458 e. The smallest absolute Gasteiger partial charge is 0.416 e. The van der Waals surface area contributed by atoms with E-state index in [9.17, 15) is 27.9 Å². The lowest BCUT2D eigenvalue weighted by molar-refractivity contribution is -0.383. The third-order valence-corrected chi connectivity index (χ3v) is 8.18. The molecule has 0 N–H and O–H groups in total. The molecular formula is C22H24ClF3NO6PS. The summed E-state index contributed by atoms with van der Waals surface area (Å²) in [6, 6.07) is 5.92. The minimum Gasteiger partial charge on any atom is -0.458 e. The number of halogens is 4. The number of benzene rings is 2. The van der Waals surface area contributed by atoms with Crippen molar-refractivity contribution in [2.24, 2.45) is 5.41 Å². The molecule has 0 bridgehead atoms. The van der Waals surface area contributed by atoms with Crippen LogP contribution in [-0.4, -0.2) is 22.4 Å². The number of nitro groups is 1. The minimum absolute atomic E-state index is 0.0386. The maximum absolute atomic E-state index is 13.7. The summed E-state index contributed by atoms with van der Waals surface area (Å²) >= 11 is 11.1. The van der Waals surface area contributed by atoms with Gasteiger partial charge in [-0.15, -0.1) is 0 Å². The van der Waals surface area contributed by atoms with Crippen LogP contribution in [0, 0.1) is 15.5 Å². The highest BCUT2D eigenvalue weighted by Gasteiger charge is 2.36. The maximum Gasteiger partial charge on any atom is 0.416 e. The predicted octanol–water partition coefficient (Wildman–Crippen LogP) is 7.74. The van der Waals surface area contributed by atoms with Crippen LogP contribution in [0.1, 0.15) is 40.2 Å². The lowest BCUT2D eigenvalue weighted by Gasteiger charge is -2.27. The van der Waals surface area contributed by atoms with Crippen LogP contribution < -0.4 is 10.0 Å². The Kier molecular flexibility index (Phi) is 8.98. The molecule has 7 nitrogen and oxygen atoms in total. The molecule has 0 aromatic heterocycles. The predicted molar refractivity (Wildman–Crippen MR) is 131 cm³/mol. The van der Waals surface area contributed by atoms with E-state index >= 15 is 0 Å². The number of thiocarbonyl (C=S) groups is 1. The molecule has 0 aliphatic rings. The molecule has 2 atom stereocenters. The third-order valence-electron chi connectivity index (χ3n) is 4.62. The molecule has 0 amide bonds. The van der Waals surface area contributed by atoms with Crippen LogP contribution in [0.3, 0.4) is 0 Å². The average Bonchev–Trinajstić information content (AvgIpc) is 2.73. The highest BCUT2D eigenvalue weighted by atomic mass is 35.5. The fraction of sp³-hybridized carbons (Fsp3) is 0.409. The Morgan fingerprint density at radius 1 is 1.20 bits per heavy atom. The van der Waals surface area contributed by atoms with Gasteiger partial charge in [-0.05, 0) is 43.4 Å². The molecule has 0 saturated heterocycles. The minimum atomic E-state index is -4.60. The average molecular weight is 554 g/mol. The van der Waals surface area contributed by atoms with Gasteiger partial charge in [-0.25, -0.2) is 0 Å². The van der Waals surface area contributed by atoms with Gasteiger partial charge in [0, 0.05) is 23.7 Å². The summed E-state index contributed by atoms with van der Waals surface area (Å²) in [5.41, 5.74) is -1.94. The molecule has 0 fully saturated rings. The van der Waals surface area contributed by atoms with Gasteiger partial charge in [-0.1, -0.05) is 39.3 Å². The summed E-state index contributed by atoms with van der Waals surface area (Å²) in [7, 11) is -3.87. The van der Waals surface area contributed by atoms with Crippen LogP contribution in [0.15, 0.2) is 36.4 Å². The molecule has 0 radical (unpaired) electrons. The Labute approximate surface area is 211 Å². The van der Waals surface area contributed by atoms with E-state index in [0.717, 1.165) is 24.3 Å². The zero-order valence-electron chi connectivity index (χ0n) is 19.5. The highest BCUT2D eigenvalue weighted by Crippen LogP contribution is 2.50. The van der Waals surface area contributed by atoms with Crippen molar-refractivity contribution in [3.05, 3.63) is 57.1 Å². The number of hydrogen-bond donors (Lipinski definition) is 0. The fourth-order valence-corrected chi connectivity index (χ4v) is 5.08. The second kappa shape index (κ2) is 10.8. The third kappa shape index (κ3) is 7.39. The second-order valence-electron chi connectivity index (χ2n) is 8.47. The standard InChI is InChI=1S/C22H24ClF3NO6PS/c1-6-34(30,33-13(2)31-20(35)21(3,4)5)19-12-15(8-9-17(19)27(28)29)32-18-10-7-14(11-16(18)23)22(24,25)26/h7-13H,6H2,1-5H3. The first-order valence-corrected chi connectivity index (χ1v) is 12.9. The van der Waals surface area contributed by atoms with Crippen LogP contribution in [0.5, 0.6) is 11.5 Å². The summed E-state index contributed by atoms with van der Waals surface area (Å²) in [4.78, 5) is 10.9. The van der Waals surface area contributed by atoms with Gasteiger partial charge in [0.25, 0.3) is 5.69 Å². The summed E-state index contributed by atoms with van der Waals surface area (Å²) in [6.45, 7) is 8.45. The van der Waals surface area contributed by atoms with E-state index in [-0.39, 0.29) is 33.0 Å². The van der Waals surface area contributed by atoms with Gasteiger partial charge in [0.2, 0.25) is 13.7 Å². The van der Waals surface area contributed by atoms with Crippen LogP contribution in [0.4, 0.5) is 18.9 Å². The monoisotopic (exact) mass is 553 g/mol. The van der Waals surface area contributed by atoms with E-state index in [0.29, 0.717) is 6.07 Å². The molecule has 0 spiro atoms. The van der Waals surface area contributed by atoms with Crippen LogP contribution in [-0.2, 0) is 20.0 Å². The van der Waals surface area contributed by atoms with Crippen molar-refractivity contribution >= 4 is 47.2 Å². The lowest BCUT2D eigenvalue weighted by Crippen LogP contribution is -2.27. The number of ether oxygens (including phenoxy) is 2. The normalized spacial score (nSPS) is 14.7. The van der Waals surface area contributed by atoms with E-state index in [1.165, 1.54) is 19.9 Å². The van der Waals surface area contributed by atoms with Gasteiger partial charge in [-0.3, -0.25) is 19.2 Å². The Hall–Kier alpha value is -2.20. The number of nitrogens with zero attached hydrogens (tertiary/aromatic N) is 1. The Morgan fingerprint density at radius 3 is 2.31 bits per heavy atom. The second-order valence-corrected chi connectivity index (χ2v) is 11.9. The summed E-state index contributed by atoms with van der Waals surface area (Å²) in [6.07, 6.45) is -5.79. The van der Waals surface area contributed by atoms with E-state index in [2.05, 4.69) is 0 Å². The van der Waals surface area contributed by atoms with Gasteiger partial charge in [0.05, 0.1) is 15.5 Å². The van der Waals surface area contributed by atoms with Crippen molar-refractivity contribution in [1.29, 1.82) is 0 Å². The first-order valence-electron chi connectivity index (χ1n) is 10.3. The number of alkyl halides is 3. The van der Waals surface area contributed by atoms with Crippen molar-refractivity contribution in [1.82, 2.24) is 0 Å². The molecule has 0 saturated carbocycles. The zero-order valence-corrected chi connectivity index (χ0v) is 22.0. The highest BCUT2D eigenvalue weighted by molar-refractivity contribution is 7.80. The maximum atomic E-state index is 13.7. The van der Waals surface area contributed by atoms with E-state index in [1.807, 2.05) is 20.8 Å². The quantitative estimate of drug-likeness (QED) is 0.109. The van der Waals surface area contributed by atoms with Gasteiger partial charge in [-0.2, -0.15) is 13.2 Å². The number of nitro benzene ring substituents is 1. The van der Waals surface area contributed by atoms with Crippen molar-refractivity contribution in [2.45, 2.75) is 47.1 Å². The van der Waals surface area contributed by atoms with Crippen LogP contribution >= 0.6 is 31.2 Å². The zero-order chi connectivity index (χ0) is 26.8. The lowest BCUT2D eigenvalue weighted by atomic mass is 9.98. The molecule has 0 heterocycles. The first-order chi connectivity index (χ1) is 16.0. The van der Waals surface area contributed by atoms with Gasteiger partial charge in [0.1, 0.15) is 16.8 Å². The van der Waals surface area contributed by atoms with Crippen molar-refractivity contribution in [3.8, 4) is 11.5 Å². The summed E-state index contributed by atoms with van der Waals surface area (Å²) in [5.74, 6) is -0.165. The molecule has 2 rings (SSSR count). The molecule has 192 valence electrons. The number of rotatable bonds is 8. The van der Waals surface area contributed by atoms with Crippen molar-refractivity contribution in [3.63, 3.8) is 0 Å². The van der Waals surface area contributed by atoms with Crippen LogP contribution in [0.2, 0.25) is 5.02 Å². The van der Waals surface area contributed by atoms with Crippen molar-refractivity contribution < 1.29 is 36.7 Å². The van der Waals surface area contributed by atoms with Gasteiger partial charge in [0.15, 0.2) is 5.05 Å². The number of hydrogen-bond acceptors (Lipinski definition) is 7. The van der Waals surface area contributed by atoms with E-state index in [4.69, 9.17) is 37.8 Å². The molecule has 2 unspecified atom stereocenters. The molecule has 0 aliphatic heterocycles. The fourth-order valence-electron chi connectivity index (χ4n) is 2.77. The molecule has 2 aromatic rings. The molecule has 0 aliphatic carbocycles. The summed E-state index contributed by atoms with van der Waals surface area (Å²) in [5, 5.41) is 11.3. The summed E-state index contributed by atoms with van der Waals surface area (Å²) < 4.78 is 69.1. The SMILES string of the molecule is CCP(=O)(OC(C)OC(=S)C(C)(C)C)c1cc(Oc2ccc(C(F)(F)F)cc2Cl)ccc1[N+](=O)[O-]. The van der Waals surface area contributed by atoms with Gasteiger partial charge >= 0.3 is 6.18 Å². The molecule has 2 aromatic carbocycles. The topological polar surface area (TPSA) is 87.9 Å². The van der Waals surface area contributed by atoms with E-state index in [1.54, 1.807) is 0 Å². The molecule has 13 heteroatoms. The first kappa shape index (κ1) is 29.0. The van der Waals surface area contributed by atoms with Crippen molar-refractivity contribution in [2.75, 3.05) is 6.16 Å². The Morgan fingerprint density at radius 2 is 1.83 bits per heavy atom. The van der Waals surface area contributed by atoms with E-state index < -0.39 is 41.4 Å². The van der Waals surface area contributed by atoms with Gasteiger partial charge < -0.3 is 9.47 Å². The Bertz CT molecular complexity index is 1170. The molecule has 35 heavy (non-hydrogen) atoms. The Balaban J connectivity index is 2.43.